The minimum atomic E-state index is -0.424. The van der Waals surface area contributed by atoms with Crippen molar-refractivity contribution in [3.05, 3.63) is 77.2 Å². The number of anilines is 1. The van der Waals surface area contributed by atoms with Crippen LogP contribution in [-0.4, -0.2) is 75.0 Å². The maximum Gasteiger partial charge on any atom is 0.248 e. The summed E-state index contributed by atoms with van der Waals surface area (Å²) in [5, 5.41) is 7.61. The van der Waals surface area contributed by atoms with Gasteiger partial charge in [0.25, 0.3) is 0 Å². The third-order valence-electron chi connectivity index (χ3n) is 11.1. The number of nitrogens with two attached hydrogens (primary N) is 1. The summed E-state index contributed by atoms with van der Waals surface area (Å²) < 4.78 is 2.25. The van der Waals surface area contributed by atoms with Crippen LogP contribution in [0.2, 0.25) is 0 Å². The Morgan fingerprint density at radius 2 is 1.60 bits per heavy atom. The molecule has 10 nitrogen and oxygen atoms in total. The van der Waals surface area contributed by atoms with Crippen LogP contribution in [0.4, 0.5) is 5.69 Å². The molecule has 1 saturated carbocycles. The predicted octanol–water partition coefficient (Wildman–Crippen LogP) is 5.06. The Morgan fingerprint density at radius 3 is 2.29 bits per heavy atom. The highest BCUT2D eigenvalue weighted by Gasteiger charge is 2.35. The maximum atomic E-state index is 13.7. The number of piperidine rings is 2. The van der Waals surface area contributed by atoms with Crippen LogP contribution < -0.4 is 10.6 Å². The molecule has 0 atom stereocenters. The number of carbonyl (C=O) groups excluding carboxylic acids is 3. The summed E-state index contributed by atoms with van der Waals surface area (Å²) in [6.07, 6.45) is 8.60. The standard InChI is InChI=1S/C38H43N7O3/c1-24(46)44-20-15-35-33(23-44)36(31-4-2-3-28-21-34(25-5-6-25)40-22-32(28)31)41-45(35)30-13-18-43(19-14-30)38(48)27-11-16-42(17-12-27)29-9-7-26(8-10-29)37(39)47/h2-4,7-10,21-22,25,27,30H,5-6,11-20,23H2,1H3,(H2,39,47). The number of aromatic nitrogens is 3. The van der Waals surface area contributed by atoms with Gasteiger partial charge in [-0.2, -0.15) is 5.10 Å². The summed E-state index contributed by atoms with van der Waals surface area (Å²) in [5.74, 6) is 0.558. The zero-order valence-electron chi connectivity index (χ0n) is 27.6. The van der Waals surface area contributed by atoms with Crippen molar-refractivity contribution in [1.29, 1.82) is 0 Å². The average molecular weight is 646 g/mol. The zero-order valence-corrected chi connectivity index (χ0v) is 27.6. The van der Waals surface area contributed by atoms with Crippen molar-refractivity contribution in [1.82, 2.24) is 24.6 Å². The topological polar surface area (TPSA) is 118 Å². The van der Waals surface area contributed by atoms with Gasteiger partial charge < -0.3 is 20.4 Å². The summed E-state index contributed by atoms with van der Waals surface area (Å²) >= 11 is 0. The number of amides is 3. The maximum absolute atomic E-state index is 13.7. The number of fused-ring (bicyclic) bond motifs is 2. The predicted molar refractivity (Wildman–Crippen MR) is 184 cm³/mol. The number of nitrogens with zero attached hydrogens (tertiary/aromatic N) is 6. The lowest BCUT2D eigenvalue weighted by atomic mass is 9.93. The average Bonchev–Trinajstić information content (AvgIpc) is 3.91. The third kappa shape index (κ3) is 5.71. The van der Waals surface area contributed by atoms with E-state index in [0.29, 0.717) is 24.6 Å². The quantitative estimate of drug-likeness (QED) is 0.313. The minimum absolute atomic E-state index is 0.0322. The fraction of sp³-hybridized carbons (Fsp3) is 0.447. The van der Waals surface area contributed by atoms with Crippen LogP contribution >= 0.6 is 0 Å². The SMILES string of the molecule is CC(=O)N1CCc2c(c(-c3cccc4cc(C5CC5)ncc34)nn2C2CCN(C(=O)C3CCN(c4ccc(C(N)=O)cc4)CC3)CC2)C1. The van der Waals surface area contributed by atoms with Crippen LogP contribution in [0.3, 0.4) is 0 Å². The van der Waals surface area contributed by atoms with Gasteiger partial charge in [-0.25, -0.2) is 0 Å². The monoisotopic (exact) mass is 645 g/mol. The fourth-order valence-electron chi connectivity index (χ4n) is 8.04. The first-order valence-corrected chi connectivity index (χ1v) is 17.5. The largest absolute Gasteiger partial charge is 0.371 e. The van der Waals surface area contributed by atoms with Gasteiger partial charge in [-0.1, -0.05) is 18.2 Å². The molecule has 10 heteroatoms. The van der Waals surface area contributed by atoms with Crippen molar-refractivity contribution in [3.8, 4) is 11.3 Å². The van der Waals surface area contributed by atoms with Gasteiger partial charge in [0.05, 0.1) is 11.7 Å². The molecule has 3 fully saturated rings. The molecule has 2 saturated heterocycles. The summed E-state index contributed by atoms with van der Waals surface area (Å²) in [6.45, 7) is 5.99. The molecule has 248 valence electrons. The highest BCUT2D eigenvalue weighted by Crippen LogP contribution is 2.41. The van der Waals surface area contributed by atoms with Crippen molar-refractivity contribution in [2.45, 2.75) is 70.4 Å². The smallest absolute Gasteiger partial charge is 0.248 e. The molecule has 0 spiro atoms. The van der Waals surface area contributed by atoms with Crippen molar-refractivity contribution in [2.24, 2.45) is 11.7 Å². The second-order valence-corrected chi connectivity index (χ2v) is 14.0. The fourth-order valence-corrected chi connectivity index (χ4v) is 8.04. The van der Waals surface area contributed by atoms with E-state index in [1.165, 1.54) is 29.6 Å². The molecule has 8 rings (SSSR count). The van der Waals surface area contributed by atoms with Gasteiger partial charge in [0.2, 0.25) is 17.7 Å². The number of likely N-dealkylation sites (tertiary alicyclic amines) is 1. The van der Waals surface area contributed by atoms with Gasteiger partial charge in [0.1, 0.15) is 0 Å². The normalized spacial score (nSPS) is 19.1. The molecule has 2 aromatic carbocycles. The van der Waals surface area contributed by atoms with Crippen molar-refractivity contribution >= 4 is 34.2 Å². The van der Waals surface area contributed by atoms with E-state index in [1.54, 1.807) is 19.1 Å². The molecule has 2 N–H and O–H groups in total. The van der Waals surface area contributed by atoms with Gasteiger partial charge in [-0.3, -0.25) is 24.0 Å². The van der Waals surface area contributed by atoms with Crippen LogP contribution in [0, 0.1) is 5.92 Å². The molecule has 4 aromatic rings. The number of primary amides is 1. The summed E-state index contributed by atoms with van der Waals surface area (Å²) in [5.41, 5.74) is 12.5. The number of benzene rings is 2. The first kappa shape index (κ1) is 30.6. The van der Waals surface area contributed by atoms with Gasteiger partial charge >= 0.3 is 0 Å². The molecule has 4 aliphatic rings. The first-order valence-electron chi connectivity index (χ1n) is 17.5. The van der Waals surface area contributed by atoms with Crippen LogP contribution in [0.25, 0.3) is 22.0 Å². The summed E-state index contributed by atoms with van der Waals surface area (Å²) in [4.78, 5) is 48.7. The van der Waals surface area contributed by atoms with E-state index < -0.39 is 5.91 Å². The molecule has 0 unspecified atom stereocenters. The minimum Gasteiger partial charge on any atom is -0.371 e. The van der Waals surface area contributed by atoms with Crippen LogP contribution in [-0.2, 0) is 22.6 Å². The number of carbonyl (C=O) groups is 3. The Morgan fingerprint density at radius 1 is 0.854 bits per heavy atom. The van der Waals surface area contributed by atoms with Gasteiger partial charge in [-0.15, -0.1) is 0 Å². The van der Waals surface area contributed by atoms with E-state index in [4.69, 9.17) is 15.8 Å². The molecule has 48 heavy (non-hydrogen) atoms. The van der Waals surface area contributed by atoms with E-state index in [0.717, 1.165) is 86.2 Å². The molecular weight excluding hydrogens is 602 g/mol. The highest BCUT2D eigenvalue weighted by atomic mass is 16.2. The summed E-state index contributed by atoms with van der Waals surface area (Å²) in [6, 6.07) is 16.3. The Labute approximate surface area is 280 Å². The second kappa shape index (κ2) is 12.4. The molecule has 3 amide bonds. The van der Waals surface area contributed by atoms with E-state index in [-0.39, 0.29) is 23.8 Å². The van der Waals surface area contributed by atoms with E-state index in [1.807, 2.05) is 23.2 Å². The van der Waals surface area contributed by atoms with E-state index in [2.05, 4.69) is 38.7 Å². The zero-order chi connectivity index (χ0) is 32.9. The number of hydrogen-bond donors (Lipinski definition) is 1. The van der Waals surface area contributed by atoms with Crippen LogP contribution in [0.15, 0.2) is 54.7 Å². The van der Waals surface area contributed by atoms with Gasteiger partial charge in [0.15, 0.2) is 0 Å². The third-order valence-corrected chi connectivity index (χ3v) is 11.1. The Kier molecular flexibility index (Phi) is 7.89. The molecule has 0 bridgehead atoms. The van der Waals surface area contributed by atoms with E-state index >= 15 is 0 Å². The number of rotatable bonds is 6. The number of pyridine rings is 1. The van der Waals surface area contributed by atoms with Crippen molar-refractivity contribution in [3.63, 3.8) is 0 Å². The Balaban J connectivity index is 0.977. The molecule has 2 aromatic heterocycles. The molecule has 3 aliphatic heterocycles. The van der Waals surface area contributed by atoms with Crippen molar-refractivity contribution < 1.29 is 14.4 Å². The lowest BCUT2D eigenvalue weighted by Crippen LogP contribution is -2.46. The van der Waals surface area contributed by atoms with Gasteiger partial charge in [-0.05, 0) is 74.2 Å². The first-order chi connectivity index (χ1) is 23.3. The van der Waals surface area contributed by atoms with Gasteiger partial charge in [0, 0.05) is 110 Å². The second-order valence-electron chi connectivity index (χ2n) is 14.0. The summed E-state index contributed by atoms with van der Waals surface area (Å²) in [7, 11) is 0. The van der Waals surface area contributed by atoms with Crippen molar-refractivity contribution in [2.75, 3.05) is 37.6 Å². The number of hydrogen-bond acceptors (Lipinski definition) is 6. The molecule has 5 heterocycles. The lowest BCUT2D eigenvalue weighted by Gasteiger charge is -2.38. The Bertz CT molecular complexity index is 1880. The lowest BCUT2D eigenvalue weighted by molar-refractivity contribution is -0.137. The highest BCUT2D eigenvalue weighted by molar-refractivity contribution is 5.96. The Hall–Kier alpha value is -4.73. The van der Waals surface area contributed by atoms with Crippen LogP contribution in [0.1, 0.15) is 84.7 Å². The molecular formula is C38H43N7O3. The molecule has 1 aliphatic carbocycles. The van der Waals surface area contributed by atoms with E-state index in [9.17, 15) is 14.4 Å². The molecule has 0 radical (unpaired) electrons. The van der Waals surface area contributed by atoms with Crippen LogP contribution in [0.5, 0.6) is 0 Å².